The lowest BCUT2D eigenvalue weighted by atomic mass is 10.1. The molecule has 19 heavy (non-hydrogen) atoms. The van der Waals surface area contributed by atoms with Crippen LogP contribution in [0.15, 0.2) is 9.52 Å². The topological polar surface area (TPSA) is 75.3 Å². The predicted molar refractivity (Wildman–Crippen MR) is 76.0 cm³/mol. The number of hydrogen-bond donors (Lipinski definition) is 2. The van der Waals surface area contributed by atoms with Crippen LogP contribution in [-0.2, 0) is 6.54 Å². The summed E-state index contributed by atoms with van der Waals surface area (Å²) in [6, 6.07) is 0.407. The number of hydrogen-bond acceptors (Lipinski definition) is 4. The molecule has 1 atom stereocenters. The molecule has 2 N–H and O–H groups in total. The summed E-state index contributed by atoms with van der Waals surface area (Å²) in [4.78, 5) is 8.32. The maximum atomic E-state index is 4.92. The molecule has 1 unspecified atom stereocenters. The predicted octanol–water partition coefficient (Wildman–Crippen LogP) is 2.01. The van der Waals surface area contributed by atoms with Gasteiger partial charge in [0.2, 0.25) is 5.89 Å². The highest BCUT2D eigenvalue weighted by Crippen LogP contribution is 2.02. The number of nitrogens with one attached hydrogen (secondary N) is 2. The summed E-state index contributed by atoms with van der Waals surface area (Å²) < 4.78 is 4.92. The van der Waals surface area contributed by atoms with Crippen LogP contribution in [0.25, 0.3) is 0 Å². The lowest BCUT2D eigenvalue weighted by Gasteiger charge is -2.17. The number of aryl methyl sites for hydroxylation is 1. The van der Waals surface area contributed by atoms with E-state index in [0.717, 1.165) is 12.4 Å². The fraction of sp³-hybridized carbons (Fsp3) is 0.769. The van der Waals surface area contributed by atoms with E-state index < -0.39 is 0 Å². The molecule has 0 spiro atoms. The number of rotatable bonds is 7. The molecule has 6 heteroatoms. The van der Waals surface area contributed by atoms with Crippen LogP contribution in [0.1, 0.15) is 51.2 Å². The van der Waals surface area contributed by atoms with E-state index in [1.807, 2.05) is 0 Å². The third-order valence-electron chi connectivity index (χ3n) is 2.83. The molecule has 108 valence electrons. The number of unbranched alkanes of at least 4 members (excludes halogenated alkanes) is 2. The number of aromatic nitrogens is 2. The van der Waals surface area contributed by atoms with Gasteiger partial charge in [-0.1, -0.05) is 31.3 Å². The van der Waals surface area contributed by atoms with Gasteiger partial charge in [-0.25, -0.2) is 0 Å². The second kappa shape index (κ2) is 8.50. The van der Waals surface area contributed by atoms with Gasteiger partial charge in [-0.15, -0.1) is 0 Å². The van der Waals surface area contributed by atoms with Crippen molar-refractivity contribution in [2.45, 2.75) is 59.0 Å². The van der Waals surface area contributed by atoms with Crippen LogP contribution in [0.5, 0.6) is 0 Å². The van der Waals surface area contributed by atoms with Crippen molar-refractivity contribution in [3.05, 3.63) is 11.7 Å². The minimum absolute atomic E-state index is 0.407. The molecule has 6 nitrogen and oxygen atoms in total. The Morgan fingerprint density at radius 2 is 2.21 bits per heavy atom. The van der Waals surface area contributed by atoms with Gasteiger partial charge in [-0.05, 0) is 13.3 Å². The number of aliphatic imine (C=N–C) groups is 1. The lowest BCUT2D eigenvalue weighted by molar-refractivity contribution is 0.386. The normalized spacial score (nSPS) is 13.4. The van der Waals surface area contributed by atoms with E-state index in [1.165, 1.54) is 19.3 Å². The smallest absolute Gasteiger partial charge is 0.223 e. The first kappa shape index (κ1) is 15.5. The van der Waals surface area contributed by atoms with Crippen LogP contribution in [-0.4, -0.2) is 29.2 Å². The minimum Gasteiger partial charge on any atom is -0.354 e. The number of guanidine groups is 1. The van der Waals surface area contributed by atoms with Crippen molar-refractivity contribution >= 4 is 5.96 Å². The molecule has 0 fully saturated rings. The number of nitrogens with zero attached hydrogens (tertiary/aromatic N) is 3. The van der Waals surface area contributed by atoms with E-state index in [-0.39, 0.29) is 0 Å². The van der Waals surface area contributed by atoms with Crippen LogP contribution in [0.4, 0.5) is 0 Å². The van der Waals surface area contributed by atoms with E-state index >= 15 is 0 Å². The summed E-state index contributed by atoms with van der Waals surface area (Å²) >= 11 is 0. The van der Waals surface area contributed by atoms with Crippen LogP contribution in [0, 0.1) is 6.92 Å². The van der Waals surface area contributed by atoms with E-state index in [0.29, 0.717) is 24.3 Å². The van der Waals surface area contributed by atoms with Crippen LogP contribution >= 0.6 is 0 Å². The van der Waals surface area contributed by atoms with Crippen LogP contribution in [0.2, 0.25) is 0 Å². The Morgan fingerprint density at radius 1 is 1.42 bits per heavy atom. The first-order valence-corrected chi connectivity index (χ1v) is 6.92. The molecule has 0 aliphatic carbocycles. The monoisotopic (exact) mass is 267 g/mol. The van der Waals surface area contributed by atoms with E-state index in [4.69, 9.17) is 4.52 Å². The molecule has 1 aromatic rings. The van der Waals surface area contributed by atoms with Gasteiger partial charge < -0.3 is 15.2 Å². The summed E-state index contributed by atoms with van der Waals surface area (Å²) in [6.45, 7) is 6.67. The van der Waals surface area contributed by atoms with E-state index in [1.54, 1.807) is 14.0 Å². The maximum absolute atomic E-state index is 4.92. The zero-order valence-corrected chi connectivity index (χ0v) is 12.4. The van der Waals surface area contributed by atoms with Crippen molar-refractivity contribution in [3.8, 4) is 0 Å². The van der Waals surface area contributed by atoms with Gasteiger partial charge in [-0.2, -0.15) is 4.98 Å². The van der Waals surface area contributed by atoms with Gasteiger partial charge in [0.1, 0.15) is 0 Å². The van der Waals surface area contributed by atoms with Gasteiger partial charge in [0, 0.05) is 20.0 Å². The van der Waals surface area contributed by atoms with Gasteiger partial charge in [0.25, 0.3) is 0 Å². The minimum atomic E-state index is 0.407. The van der Waals surface area contributed by atoms with Crippen molar-refractivity contribution < 1.29 is 4.52 Å². The first-order valence-electron chi connectivity index (χ1n) is 6.92. The van der Waals surface area contributed by atoms with Crippen LogP contribution in [0.3, 0.4) is 0 Å². The molecule has 0 aliphatic rings. The molecule has 0 saturated carbocycles. The van der Waals surface area contributed by atoms with E-state index in [2.05, 4.69) is 39.6 Å². The Morgan fingerprint density at radius 3 is 2.79 bits per heavy atom. The van der Waals surface area contributed by atoms with Crippen LogP contribution < -0.4 is 10.6 Å². The third kappa shape index (κ3) is 6.22. The highest BCUT2D eigenvalue weighted by atomic mass is 16.5. The average Bonchev–Trinajstić information content (AvgIpc) is 2.80. The Bertz CT molecular complexity index is 388. The second-order valence-electron chi connectivity index (χ2n) is 4.70. The van der Waals surface area contributed by atoms with Crippen molar-refractivity contribution in [2.24, 2.45) is 4.99 Å². The zero-order chi connectivity index (χ0) is 14.1. The summed E-state index contributed by atoms with van der Waals surface area (Å²) in [7, 11) is 1.76. The average molecular weight is 267 g/mol. The molecule has 0 radical (unpaired) electrons. The third-order valence-corrected chi connectivity index (χ3v) is 2.83. The van der Waals surface area contributed by atoms with Gasteiger partial charge >= 0.3 is 0 Å². The fourth-order valence-electron chi connectivity index (χ4n) is 1.78. The quantitative estimate of drug-likeness (QED) is 0.449. The van der Waals surface area contributed by atoms with E-state index in [9.17, 15) is 0 Å². The van der Waals surface area contributed by atoms with Gasteiger partial charge in [0.05, 0.1) is 6.54 Å². The van der Waals surface area contributed by atoms with Crippen molar-refractivity contribution in [1.82, 2.24) is 20.8 Å². The van der Waals surface area contributed by atoms with Gasteiger partial charge in [-0.3, -0.25) is 4.99 Å². The summed E-state index contributed by atoms with van der Waals surface area (Å²) in [5.41, 5.74) is 0. The SMILES string of the molecule is CCCCCC(C)NC(=NC)NCc1noc(C)n1. The fourth-order valence-corrected chi connectivity index (χ4v) is 1.78. The lowest BCUT2D eigenvalue weighted by Crippen LogP contribution is -2.42. The highest BCUT2D eigenvalue weighted by Gasteiger charge is 2.07. The molecule has 1 heterocycles. The molecule has 1 aromatic heterocycles. The molecular weight excluding hydrogens is 242 g/mol. The molecular formula is C13H25N5O. The van der Waals surface area contributed by atoms with Gasteiger partial charge in [0.15, 0.2) is 11.8 Å². The molecule has 0 amide bonds. The highest BCUT2D eigenvalue weighted by molar-refractivity contribution is 5.79. The molecule has 0 aliphatic heterocycles. The molecule has 1 rings (SSSR count). The summed E-state index contributed by atoms with van der Waals surface area (Å²) in [5.74, 6) is 1.98. The summed E-state index contributed by atoms with van der Waals surface area (Å²) in [6.07, 6.45) is 4.92. The molecule has 0 aromatic carbocycles. The Labute approximate surface area is 115 Å². The van der Waals surface area contributed by atoms with Crippen molar-refractivity contribution in [1.29, 1.82) is 0 Å². The second-order valence-corrected chi connectivity index (χ2v) is 4.70. The maximum Gasteiger partial charge on any atom is 0.223 e. The Kier molecular flexibility index (Phi) is 6.92. The van der Waals surface area contributed by atoms with Crippen molar-refractivity contribution in [2.75, 3.05) is 7.05 Å². The largest absolute Gasteiger partial charge is 0.354 e. The zero-order valence-electron chi connectivity index (χ0n) is 12.4. The first-order chi connectivity index (χ1) is 9.15. The Balaban J connectivity index is 2.29. The van der Waals surface area contributed by atoms with Crippen molar-refractivity contribution in [3.63, 3.8) is 0 Å². The standard InChI is InChI=1S/C13H25N5O/c1-5-6-7-8-10(2)16-13(14-4)15-9-12-17-11(3)19-18-12/h10H,5-9H2,1-4H3,(H2,14,15,16). The Hall–Kier alpha value is -1.59. The molecule has 0 bridgehead atoms. The summed E-state index contributed by atoms with van der Waals surface area (Å²) in [5, 5.41) is 10.4. The molecule has 0 saturated heterocycles.